The van der Waals surface area contributed by atoms with Crippen LogP contribution < -0.4 is 10.1 Å². The maximum absolute atomic E-state index is 11.0. The topological polar surface area (TPSA) is 84.6 Å². The molecule has 1 unspecified atom stereocenters. The minimum absolute atomic E-state index is 0.0474. The van der Waals surface area contributed by atoms with Crippen molar-refractivity contribution in [2.45, 2.75) is 13.0 Å². The summed E-state index contributed by atoms with van der Waals surface area (Å²) >= 11 is 0. The molecule has 2 rings (SSSR count). The van der Waals surface area contributed by atoms with Gasteiger partial charge in [-0.1, -0.05) is 25.1 Å². The Labute approximate surface area is 122 Å². The number of rotatable bonds is 7. The Morgan fingerprint density at radius 3 is 2.67 bits per heavy atom. The number of non-ortho nitro benzene ring substituents is 1. The van der Waals surface area contributed by atoms with Gasteiger partial charge >= 0.3 is 0 Å². The number of aliphatic hydroxyl groups excluding tert-OH is 1. The van der Waals surface area contributed by atoms with Crippen molar-refractivity contribution in [3.63, 3.8) is 0 Å². The van der Waals surface area contributed by atoms with Crippen LogP contribution in [0.4, 0.5) is 5.69 Å². The first-order valence-corrected chi connectivity index (χ1v) is 6.81. The lowest BCUT2D eigenvalue weighted by molar-refractivity contribution is -0.383. The minimum Gasteiger partial charge on any atom is -0.490 e. The zero-order valence-electron chi connectivity index (χ0n) is 11.8. The summed E-state index contributed by atoms with van der Waals surface area (Å²) in [4.78, 5) is 10.6. The van der Waals surface area contributed by atoms with E-state index in [9.17, 15) is 15.2 Å². The molecule has 1 atom stereocenters. The number of nitrogens with zero attached hydrogens (tertiary/aromatic N) is 1. The Kier molecular flexibility index (Phi) is 5.08. The lowest BCUT2D eigenvalue weighted by Gasteiger charge is -2.14. The van der Waals surface area contributed by atoms with E-state index in [1.807, 2.05) is 6.92 Å². The fraction of sp³-hybridized carbons (Fsp3) is 0.333. The number of nitrogens with one attached hydrogen (secondary N) is 1. The number of nitro benzene ring substituents is 1. The molecule has 0 aliphatic carbocycles. The molecule has 2 aromatic carbocycles. The largest absolute Gasteiger partial charge is 0.490 e. The third-order valence-electron chi connectivity index (χ3n) is 3.12. The zero-order valence-corrected chi connectivity index (χ0v) is 11.8. The number of fused-ring (bicyclic) bond motifs is 1. The first-order valence-electron chi connectivity index (χ1n) is 6.81. The maximum atomic E-state index is 11.0. The van der Waals surface area contributed by atoms with Crippen LogP contribution in [-0.4, -0.2) is 35.8 Å². The summed E-state index contributed by atoms with van der Waals surface area (Å²) in [7, 11) is 0. The van der Waals surface area contributed by atoms with E-state index in [1.165, 1.54) is 6.07 Å². The predicted octanol–water partition coefficient (Wildman–Crippen LogP) is 2.10. The standard InChI is InChI=1S/C15H18N2O4/c1-2-16-9-11(18)10-21-15-8-7-14(17(19)20)12-5-3-4-6-13(12)15/h3-8,11,16,18H,2,9-10H2,1H3. The highest BCUT2D eigenvalue weighted by molar-refractivity contribution is 5.95. The molecular formula is C15H18N2O4. The number of hydrogen-bond acceptors (Lipinski definition) is 5. The van der Waals surface area contributed by atoms with Crippen molar-refractivity contribution < 1.29 is 14.8 Å². The second-order valence-electron chi connectivity index (χ2n) is 4.66. The van der Waals surface area contributed by atoms with Crippen molar-refractivity contribution in [2.24, 2.45) is 0 Å². The molecule has 2 aromatic rings. The van der Waals surface area contributed by atoms with Gasteiger partial charge in [-0.25, -0.2) is 0 Å². The van der Waals surface area contributed by atoms with E-state index >= 15 is 0 Å². The van der Waals surface area contributed by atoms with Gasteiger partial charge in [0.1, 0.15) is 18.5 Å². The lowest BCUT2D eigenvalue weighted by Crippen LogP contribution is -2.31. The van der Waals surface area contributed by atoms with Crippen LogP contribution >= 0.6 is 0 Å². The van der Waals surface area contributed by atoms with E-state index in [1.54, 1.807) is 30.3 Å². The van der Waals surface area contributed by atoms with Crippen LogP contribution in [0.5, 0.6) is 5.75 Å². The van der Waals surface area contributed by atoms with Crippen molar-refractivity contribution in [1.82, 2.24) is 5.32 Å². The Morgan fingerprint density at radius 2 is 2.00 bits per heavy atom. The quantitative estimate of drug-likeness (QED) is 0.602. The summed E-state index contributed by atoms with van der Waals surface area (Å²) in [6.07, 6.45) is -0.626. The van der Waals surface area contributed by atoms with Crippen LogP contribution in [0.3, 0.4) is 0 Å². The molecule has 112 valence electrons. The molecule has 21 heavy (non-hydrogen) atoms. The van der Waals surface area contributed by atoms with Gasteiger partial charge in [-0.15, -0.1) is 0 Å². The van der Waals surface area contributed by atoms with Gasteiger partial charge in [0, 0.05) is 18.0 Å². The van der Waals surface area contributed by atoms with Crippen LogP contribution in [0.2, 0.25) is 0 Å². The van der Waals surface area contributed by atoms with Crippen LogP contribution in [0.1, 0.15) is 6.92 Å². The number of hydrogen-bond donors (Lipinski definition) is 2. The Bertz CT molecular complexity index is 630. The Balaban J connectivity index is 2.21. The average Bonchev–Trinajstić information content (AvgIpc) is 2.50. The predicted molar refractivity (Wildman–Crippen MR) is 80.6 cm³/mol. The first-order chi connectivity index (χ1) is 10.1. The van der Waals surface area contributed by atoms with E-state index < -0.39 is 11.0 Å². The molecule has 0 bridgehead atoms. The van der Waals surface area contributed by atoms with Crippen LogP contribution in [0.15, 0.2) is 36.4 Å². The van der Waals surface area contributed by atoms with Crippen LogP contribution in [-0.2, 0) is 0 Å². The summed E-state index contributed by atoms with van der Waals surface area (Å²) in [5, 5.41) is 25.0. The zero-order chi connectivity index (χ0) is 15.2. The van der Waals surface area contributed by atoms with Crippen molar-refractivity contribution in [1.29, 1.82) is 0 Å². The SMILES string of the molecule is CCNCC(O)COc1ccc([N+](=O)[O-])c2ccccc12. The Hall–Kier alpha value is -2.18. The number of likely N-dealkylation sites (N-methyl/N-ethyl adjacent to an activating group) is 1. The third kappa shape index (κ3) is 3.68. The summed E-state index contributed by atoms with van der Waals surface area (Å²) in [6, 6.07) is 10.0. The molecule has 0 saturated heterocycles. The minimum atomic E-state index is -0.626. The molecule has 0 aliphatic rings. The molecule has 0 amide bonds. The highest BCUT2D eigenvalue weighted by Gasteiger charge is 2.15. The summed E-state index contributed by atoms with van der Waals surface area (Å²) in [5.74, 6) is 0.534. The van der Waals surface area contributed by atoms with Crippen LogP contribution in [0, 0.1) is 10.1 Å². The van der Waals surface area contributed by atoms with Gasteiger partial charge in [-0.2, -0.15) is 0 Å². The second-order valence-corrected chi connectivity index (χ2v) is 4.66. The van der Waals surface area contributed by atoms with Crippen molar-refractivity contribution in [2.75, 3.05) is 19.7 Å². The van der Waals surface area contributed by atoms with Gasteiger partial charge in [0.2, 0.25) is 0 Å². The summed E-state index contributed by atoms with van der Waals surface area (Å²) in [6.45, 7) is 3.31. The molecule has 2 N–H and O–H groups in total. The lowest BCUT2D eigenvalue weighted by atomic mass is 10.1. The number of benzene rings is 2. The molecule has 6 nitrogen and oxygen atoms in total. The molecule has 0 aromatic heterocycles. The van der Waals surface area contributed by atoms with E-state index in [-0.39, 0.29) is 12.3 Å². The summed E-state index contributed by atoms with van der Waals surface area (Å²) < 4.78 is 5.60. The van der Waals surface area contributed by atoms with Gasteiger partial charge in [0.15, 0.2) is 0 Å². The van der Waals surface area contributed by atoms with Crippen LogP contribution in [0.25, 0.3) is 10.8 Å². The van der Waals surface area contributed by atoms with E-state index in [0.717, 1.165) is 6.54 Å². The number of nitro groups is 1. The monoisotopic (exact) mass is 290 g/mol. The molecule has 0 spiro atoms. The van der Waals surface area contributed by atoms with Gasteiger partial charge in [0.25, 0.3) is 5.69 Å². The molecule has 0 radical (unpaired) electrons. The highest BCUT2D eigenvalue weighted by atomic mass is 16.6. The fourth-order valence-electron chi connectivity index (χ4n) is 2.10. The van der Waals surface area contributed by atoms with Crippen molar-refractivity contribution >= 4 is 16.5 Å². The maximum Gasteiger partial charge on any atom is 0.277 e. The summed E-state index contributed by atoms with van der Waals surface area (Å²) in [5.41, 5.74) is 0.0474. The first kappa shape index (κ1) is 15.2. The van der Waals surface area contributed by atoms with E-state index in [4.69, 9.17) is 4.74 Å². The fourth-order valence-corrected chi connectivity index (χ4v) is 2.10. The molecule has 6 heteroatoms. The second kappa shape index (κ2) is 7.01. The van der Waals surface area contributed by atoms with Gasteiger partial charge in [-0.3, -0.25) is 10.1 Å². The van der Waals surface area contributed by atoms with Gasteiger partial charge < -0.3 is 15.2 Å². The molecule has 0 saturated carbocycles. The smallest absolute Gasteiger partial charge is 0.277 e. The van der Waals surface area contributed by atoms with Crippen molar-refractivity contribution in [3.05, 3.63) is 46.5 Å². The molecule has 0 aliphatic heterocycles. The number of aliphatic hydroxyl groups is 1. The van der Waals surface area contributed by atoms with Gasteiger partial charge in [-0.05, 0) is 18.7 Å². The average molecular weight is 290 g/mol. The highest BCUT2D eigenvalue weighted by Crippen LogP contribution is 2.32. The van der Waals surface area contributed by atoms with Gasteiger partial charge in [0.05, 0.1) is 10.3 Å². The Morgan fingerprint density at radius 1 is 1.29 bits per heavy atom. The van der Waals surface area contributed by atoms with E-state index in [0.29, 0.717) is 23.1 Å². The normalized spacial score (nSPS) is 12.3. The molecule has 0 fully saturated rings. The van der Waals surface area contributed by atoms with Crippen molar-refractivity contribution in [3.8, 4) is 5.75 Å². The molecule has 0 heterocycles. The third-order valence-corrected chi connectivity index (χ3v) is 3.12. The number of ether oxygens (including phenoxy) is 1. The van der Waals surface area contributed by atoms with E-state index in [2.05, 4.69) is 5.32 Å². The molecular weight excluding hydrogens is 272 g/mol.